The Morgan fingerprint density at radius 1 is 1.23 bits per heavy atom. The van der Waals surface area contributed by atoms with Crippen molar-refractivity contribution in [2.75, 3.05) is 20.0 Å². The number of fused-ring (bicyclic) bond motifs is 1. The molecule has 0 bridgehead atoms. The molecule has 0 fully saturated rings. The van der Waals surface area contributed by atoms with Crippen LogP contribution < -0.4 is 20.2 Å². The third-order valence-electron chi connectivity index (χ3n) is 3.74. The molecule has 7 nitrogen and oxygen atoms in total. The summed E-state index contributed by atoms with van der Waals surface area (Å²) in [6.45, 7) is -0.0696. The van der Waals surface area contributed by atoms with Crippen molar-refractivity contribution >= 4 is 34.3 Å². The van der Waals surface area contributed by atoms with Crippen molar-refractivity contribution < 1.29 is 24.0 Å². The summed E-state index contributed by atoms with van der Waals surface area (Å²) in [6.07, 6.45) is 0. The number of nitrogens with two attached hydrogens (primary N) is 1. The van der Waals surface area contributed by atoms with E-state index in [1.807, 2.05) is 24.3 Å². The second-order valence-electron chi connectivity index (χ2n) is 5.38. The lowest BCUT2D eigenvalue weighted by molar-refractivity contribution is -0.381. The van der Waals surface area contributed by atoms with Crippen LogP contribution in [-0.4, -0.2) is 25.2 Å². The number of methoxy groups -OCH3 is 2. The van der Waals surface area contributed by atoms with Crippen molar-refractivity contribution in [2.45, 2.75) is 6.61 Å². The Hall–Kier alpha value is -3.06. The van der Waals surface area contributed by atoms with E-state index in [9.17, 15) is 4.79 Å². The fourth-order valence-corrected chi connectivity index (χ4v) is 2.80. The number of nitrogens with zero attached hydrogens (tertiary/aromatic N) is 1. The summed E-state index contributed by atoms with van der Waals surface area (Å²) in [5.41, 5.74) is 6.93. The van der Waals surface area contributed by atoms with E-state index in [4.69, 9.17) is 31.5 Å². The van der Waals surface area contributed by atoms with Crippen molar-refractivity contribution in [3.63, 3.8) is 0 Å². The summed E-state index contributed by atoms with van der Waals surface area (Å²) in [5, 5.41) is 1.05. The van der Waals surface area contributed by atoms with Crippen LogP contribution in [0, 0.1) is 0 Å². The number of benzene rings is 2. The Labute approximate surface area is 154 Å². The topological polar surface area (TPSA) is 97.8 Å². The third-order valence-corrected chi connectivity index (χ3v) is 4.02. The normalized spacial score (nSPS) is 10.6. The van der Waals surface area contributed by atoms with E-state index in [0.29, 0.717) is 28.7 Å². The highest BCUT2D eigenvalue weighted by atomic mass is 35.5. The van der Waals surface area contributed by atoms with E-state index in [1.54, 1.807) is 0 Å². The quantitative estimate of drug-likeness (QED) is 0.689. The van der Waals surface area contributed by atoms with E-state index < -0.39 is 5.97 Å². The molecule has 0 unspecified atom stereocenters. The summed E-state index contributed by atoms with van der Waals surface area (Å²) in [6, 6.07) is 10.4. The molecule has 2 aromatic carbocycles. The van der Waals surface area contributed by atoms with E-state index in [0.717, 1.165) is 5.39 Å². The highest BCUT2D eigenvalue weighted by Crippen LogP contribution is 2.36. The second kappa shape index (κ2) is 7.45. The van der Waals surface area contributed by atoms with E-state index >= 15 is 0 Å². The van der Waals surface area contributed by atoms with E-state index in [-0.39, 0.29) is 17.2 Å². The third kappa shape index (κ3) is 3.48. The lowest BCUT2D eigenvalue weighted by Gasteiger charge is -2.11. The number of hydrogen-bond acceptors (Lipinski definition) is 6. The minimum absolute atomic E-state index is 0.0696. The van der Waals surface area contributed by atoms with Gasteiger partial charge in [-0.1, -0.05) is 23.7 Å². The van der Waals surface area contributed by atoms with Crippen LogP contribution >= 0.6 is 11.6 Å². The van der Waals surface area contributed by atoms with Crippen molar-refractivity contribution in [3.05, 3.63) is 52.8 Å². The predicted molar refractivity (Wildman–Crippen MR) is 96.4 cm³/mol. The van der Waals surface area contributed by atoms with Crippen molar-refractivity contribution in [2.24, 2.45) is 0 Å². The van der Waals surface area contributed by atoms with Gasteiger partial charge in [-0.15, -0.1) is 4.98 Å². The standard InChI is InChI=1S/C18H16ClN3O4/c1-24-14-8-10(7-12(19)16(14)25-2)18(23)26-9-15-21-13-6-4-3-5-11(13)17(20)22-15/h3-8H,9H2,1-2H3,(H2,20,21,22)/p+1. The number of carbonyl (C=O) groups is 1. The van der Waals surface area contributed by atoms with Gasteiger partial charge in [-0.25, -0.2) is 9.78 Å². The highest BCUT2D eigenvalue weighted by molar-refractivity contribution is 6.32. The monoisotopic (exact) mass is 374 g/mol. The number of H-pyrrole nitrogens is 1. The molecule has 0 radical (unpaired) electrons. The number of aromatic amines is 1. The number of esters is 1. The van der Waals surface area contributed by atoms with Crippen LogP contribution in [0.3, 0.4) is 0 Å². The Balaban J connectivity index is 1.80. The zero-order valence-electron chi connectivity index (χ0n) is 14.2. The number of para-hydroxylation sites is 1. The molecule has 0 aliphatic rings. The minimum atomic E-state index is -0.574. The number of aromatic nitrogens is 2. The maximum absolute atomic E-state index is 12.3. The molecule has 0 aliphatic heterocycles. The Morgan fingerprint density at radius 3 is 2.73 bits per heavy atom. The summed E-state index contributed by atoms with van der Waals surface area (Å²) in [7, 11) is 2.92. The smallest absolute Gasteiger partial charge is 0.338 e. The molecule has 0 saturated heterocycles. The van der Waals surface area contributed by atoms with Gasteiger partial charge in [0, 0.05) is 0 Å². The maximum atomic E-state index is 12.3. The van der Waals surface area contributed by atoms with E-state index in [1.165, 1.54) is 26.4 Å². The number of anilines is 1. The minimum Gasteiger partial charge on any atom is -0.493 e. The first kappa shape index (κ1) is 17.8. The molecular weight excluding hydrogens is 358 g/mol. The fourth-order valence-electron chi connectivity index (χ4n) is 2.52. The van der Waals surface area contributed by atoms with Gasteiger partial charge in [0.2, 0.25) is 5.82 Å². The van der Waals surface area contributed by atoms with E-state index in [2.05, 4.69) is 9.97 Å². The van der Waals surface area contributed by atoms with Gasteiger partial charge in [-0.3, -0.25) is 0 Å². The molecule has 134 valence electrons. The molecule has 1 heterocycles. The van der Waals surface area contributed by atoms with Crippen LogP contribution in [-0.2, 0) is 11.3 Å². The molecule has 0 atom stereocenters. The van der Waals surface area contributed by atoms with Crippen molar-refractivity contribution in [1.82, 2.24) is 4.98 Å². The SMILES string of the molecule is COc1cc(C(=O)OCc2nc3ccccc3c(N)[nH+]2)cc(Cl)c1OC. The molecule has 8 heteroatoms. The molecular formula is C18H17ClN3O4+. The molecule has 0 spiro atoms. The van der Waals surface area contributed by atoms with Crippen LogP contribution in [0.2, 0.25) is 5.02 Å². The fraction of sp³-hybridized carbons (Fsp3) is 0.167. The molecule has 1 aromatic heterocycles. The zero-order chi connectivity index (χ0) is 18.7. The van der Waals surface area contributed by atoms with Gasteiger partial charge >= 0.3 is 5.97 Å². The number of ether oxygens (including phenoxy) is 3. The molecule has 0 saturated carbocycles. The van der Waals surface area contributed by atoms with Crippen LogP contribution in [0.25, 0.3) is 10.9 Å². The molecule has 0 amide bonds. The second-order valence-corrected chi connectivity index (χ2v) is 5.79. The van der Waals surface area contributed by atoms with Crippen LogP contribution in [0.15, 0.2) is 36.4 Å². The molecule has 3 rings (SSSR count). The van der Waals surface area contributed by atoms with Gasteiger partial charge in [0.25, 0.3) is 5.82 Å². The molecule has 3 N–H and O–H groups in total. The van der Waals surface area contributed by atoms with Crippen molar-refractivity contribution in [3.8, 4) is 11.5 Å². The first-order valence-electron chi connectivity index (χ1n) is 7.68. The summed E-state index contributed by atoms with van der Waals surface area (Å²) >= 11 is 6.11. The maximum Gasteiger partial charge on any atom is 0.338 e. The highest BCUT2D eigenvalue weighted by Gasteiger charge is 2.18. The van der Waals surface area contributed by atoms with Crippen LogP contribution in [0.4, 0.5) is 5.82 Å². The first-order chi connectivity index (χ1) is 12.5. The van der Waals surface area contributed by atoms with Gasteiger partial charge in [0.05, 0.1) is 30.2 Å². The lowest BCUT2D eigenvalue weighted by atomic mass is 10.2. The van der Waals surface area contributed by atoms with Gasteiger partial charge in [-0.05, 0) is 24.3 Å². The number of nitrogen functional groups attached to an aromatic ring is 1. The van der Waals surface area contributed by atoms with Crippen LogP contribution in [0.1, 0.15) is 16.2 Å². The van der Waals surface area contributed by atoms with Gasteiger partial charge < -0.3 is 19.9 Å². The van der Waals surface area contributed by atoms with Gasteiger partial charge in [0.15, 0.2) is 23.6 Å². The van der Waals surface area contributed by atoms with Gasteiger partial charge in [-0.2, -0.15) is 0 Å². The zero-order valence-corrected chi connectivity index (χ0v) is 15.0. The van der Waals surface area contributed by atoms with Crippen molar-refractivity contribution in [1.29, 1.82) is 0 Å². The molecule has 26 heavy (non-hydrogen) atoms. The average Bonchev–Trinajstić information content (AvgIpc) is 2.65. The first-order valence-corrected chi connectivity index (χ1v) is 8.06. The van der Waals surface area contributed by atoms with Gasteiger partial charge in [0.1, 0.15) is 0 Å². The number of halogens is 1. The Bertz CT molecular complexity index is 978. The summed E-state index contributed by atoms with van der Waals surface area (Å²) in [5.74, 6) is 1.00. The molecule has 3 aromatic rings. The number of hydrogen-bond donors (Lipinski definition) is 1. The molecule has 0 aliphatic carbocycles. The Morgan fingerprint density at radius 2 is 2.00 bits per heavy atom. The lowest BCUT2D eigenvalue weighted by Crippen LogP contribution is -2.21. The predicted octanol–water partition coefficient (Wildman–Crippen LogP) is 2.66. The number of nitrogens with one attached hydrogen (secondary N) is 1. The number of rotatable bonds is 5. The summed E-state index contributed by atoms with van der Waals surface area (Å²) in [4.78, 5) is 19.7. The Kier molecular flexibility index (Phi) is 5.09. The average molecular weight is 375 g/mol. The summed E-state index contributed by atoms with van der Waals surface area (Å²) < 4.78 is 15.6. The largest absolute Gasteiger partial charge is 0.493 e. The number of carbonyl (C=O) groups excluding carboxylic acids is 1. The van der Waals surface area contributed by atoms with Crippen LogP contribution in [0.5, 0.6) is 11.5 Å².